The molecule has 1 unspecified atom stereocenters. The average molecular weight is 486 g/mol. The van der Waals surface area contributed by atoms with Gasteiger partial charge in [0.2, 0.25) is 5.91 Å². The van der Waals surface area contributed by atoms with E-state index in [1.54, 1.807) is 12.1 Å². The highest BCUT2D eigenvalue weighted by Crippen LogP contribution is 2.26. The first-order valence-electron chi connectivity index (χ1n) is 9.99. The van der Waals surface area contributed by atoms with Crippen LogP contribution in [0, 0.1) is 0 Å². The van der Waals surface area contributed by atoms with Crippen LogP contribution in [0.25, 0.3) is 0 Å². The summed E-state index contributed by atoms with van der Waals surface area (Å²) in [6.07, 6.45) is -4.19. The van der Waals surface area contributed by atoms with Crippen molar-refractivity contribution in [1.29, 1.82) is 0 Å². The first-order chi connectivity index (χ1) is 15.5. The normalized spacial score (nSPS) is 16.4. The summed E-state index contributed by atoms with van der Waals surface area (Å²) in [5, 5.41) is 5.75. The van der Waals surface area contributed by atoms with Gasteiger partial charge in [-0.2, -0.15) is 0 Å². The molecule has 3 rings (SSSR count). The standard InChI is InChI=1S/C21H23ClF3N5O3/c22-13-2-1-12(18(27)7-13)10-30-6-5-14(11-30)29-19(31)9-28-20(32)16-8-15(3-4-17(16)26)33-21(23,24)25/h1-4,7-8,14H,5-6,9-11,26-27H2,(H,28,32)(H,29,31). The lowest BCUT2D eigenvalue weighted by atomic mass is 10.1. The van der Waals surface area contributed by atoms with Crippen molar-refractivity contribution in [3.8, 4) is 5.75 Å². The van der Waals surface area contributed by atoms with E-state index >= 15 is 0 Å². The molecule has 8 nitrogen and oxygen atoms in total. The highest BCUT2D eigenvalue weighted by atomic mass is 35.5. The van der Waals surface area contributed by atoms with Gasteiger partial charge >= 0.3 is 6.36 Å². The van der Waals surface area contributed by atoms with Crippen LogP contribution in [-0.4, -0.2) is 48.8 Å². The molecule has 0 spiro atoms. The molecule has 1 aliphatic heterocycles. The van der Waals surface area contributed by atoms with Crippen LogP contribution in [0.3, 0.4) is 0 Å². The van der Waals surface area contributed by atoms with Crippen molar-refractivity contribution in [3.05, 3.63) is 52.5 Å². The number of benzene rings is 2. The fraction of sp³-hybridized carbons (Fsp3) is 0.333. The summed E-state index contributed by atoms with van der Waals surface area (Å²) in [6.45, 7) is 1.61. The van der Waals surface area contributed by atoms with Crippen molar-refractivity contribution < 1.29 is 27.5 Å². The molecule has 1 fully saturated rings. The number of anilines is 2. The zero-order valence-corrected chi connectivity index (χ0v) is 18.2. The van der Waals surface area contributed by atoms with Crippen LogP contribution in [0.1, 0.15) is 22.3 Å². The molecular weight excluding hydrogens is 463 g/mol. The number of alkyl halides is 3. The average Bonchev–Trinajstić information content (AvgIpc) is 3.15. The van der Waals surface area contributed by atoms with Gasteiger partial charge in [-0.3, -0.25) is 14.5 Å². The zero-order valence-electron chi connectivity index (χ0n) is 17.4. The number of amides is 2. The minimum atomic E-state index is -4.90. The third-order valence-corrected chi connectivity index (χ3v) is 5.29. The van der Waals surface area contributed by atoms with Gasteiger partial charge in [-0.15, -0.1) is 13.2 Å². The highest BCUT2D eigenvalue weighted by Gasteiger charge is 2.31. The number of nitrogens with zero attached hydrogens (tertiary/aromatic N) is 1. The summed E-state index contributed by atoms with van der Waals surface area (Å²) in [5.41, 5.74) is 12.9. The minimum Gasteiger partial charge on any atom is -0.406 e. The predicted molar refractivity (Wildman–Crippen MR) is 118 cm³/mol. The van der Waals surface area contributed by atoms with Gasteiger partial charge in [0.05, 0.1) is 12.1 Å². The van der Waals surface area contributed by atoms with E-state index in [0.717, 1.165) is 36.7 Å². The number of carbonyl (C=O) groups excluding carboxylic acids is 2. The SMILES string of the molecule is Nc1cc(Cl)ccc1CN1CCC(NC(=O)CNC(=O)c2cc(OC(F)(F)F)ccc2N)C1. The Morgan fingerprint density at radius 3 is 2.61 bits per heavy atom. The van der Waals surface area contributed by atoms with Crippen LogP contribution in [0.4, 0.5) is 24.5 Å². The molecule has 0 saturated carbocycles. The van der Waals surface area contributed by atoms with E-state index < -0.39 is 23.9 Å². The van der Waals surface area contributed by atoms with Crippen molar-refractivity contribution in [2.75, 3.05) is 31.1 Å². The first kappa shape index (κ1) is 24.5. The van der Waals surface area contributed by atoms with Crippen molar-refractivity contribution in [2.45, 2.75) is 25.4 Å². The number of likely N-dealkylation sites (tertiary alicyclic amines) is 1. The summed E-state index contributed by atoms with van der Waals surface area (Å²) < 4.78 is 41.0. The molecule has 2 aromatic rings. The highest BCUT2D eigenvalue weighted by molar-refractivity contribution is 6.30. The second-order valence-electron chi connectivity index (χ2n) is 7.61. The van der Waals surface area contributed by atoms with Crippen molar-refractivity contribution in [2.24, 2.45) is 0 Å². The second kappa shape index (κ2) is 10.2. The van der Waals surface area contributed by atoms with E-state index in [1.807, 2.05) is 6.07 Å². The van der Waals surface area contributed by atoms with E-state index in [0.29, 0.717) is 23.8 Å². The Labute approximate surface area is 193 Å². The van der Waals surface area contributed by atoms with Gasteiger partial charge in [-0.25, -0.2) is 0 Å². The Morgan fingerprint density at radius 1 is 1.15 bits per heavy atom. The minimum absolute atomic E-state index is 0.0460. The molecule has 1 atom stereocenters. The Kier molecular flexibility index (Phi) is 7.54. The molecule has 6 N–H and O–H groups in total. The molecule has 2 aromatic carbocycles. The number of carbonyl (C=O) groups is 2. The number of hydrogen-bond acceptors (Lipinski definition) is 6. The van der Waals surface area contributed by atoms with E-state index in [1.165, 1.54) is 0 Å². The Morgan fingerprint density at radius 2 is 1.91 bits per heavy atom. The smallest absolute Gasteiger partial charge is 0.406 e. The maximum atomic E-state index is 12.4. The molecule has 1 aliphatic rings. The summed E-state index contributed by atoms with van der Waals surface area (Å²) in [6, 6.07) is 8.19. The van der Waals surface area contributed by atoms with Crippen molar-refractivity contribution >= 4 is 34.8 Å². The summed E-state index contributed by atoms with van der Waals surface area (Å²) >= 11 is 5.92. The number of nitrogen functional groups attached to an aromatic ring is 2. The molecule has 33 heavy (non-hydrogen) atoms. The second-order valence-corrected chi connectivity index (χ2v) is 8.05. The number of hydrogen-bond donors (Lipinski definition) is 4. The number of rotatable bonds is 7. The van der Waals surface area contributed by atoms with Crippen LogP contribution in [-0.2, 0) is 11.3 Å². The molecule has 1 saturated heterocycles. The molecule has 0 bridgehead atoms. The van der Waals surface area contributed by atoms with Crippen LogP contribution >= 0.6 is 11.6 Å². The quantitative estimate of drug-likeness (QED) is 0.447. The van der Waals surface area contributed by atoms with Gasteiger partial charge in [0, 0.05) is 42.1 Å². The zero-order chi connectivity index (χ0) is 24.2. The molecule has 0 aromatic heterocycles. The molecule has 2 amide bonds. The third kappa shape index (κ3) is 7.16. The molecular formula is C21H23ClF3N5O3. The van der Waals surface area contributed by atoms with Gasteiger partial charge in [-0.1, -0.05) is 17.7 Å². The first-order valence-corrected chi connectivity index (χ1v) is 10.4. The fourth-order valence-electron chi connectivity index (χ4n) is 3.51. The van der Waals surface area contributed by atoms with Gasteiger partial charge < -0.3 is 26.8 Å². The lowest BCUT2D eigenvalue weighted by Crippen LogP contribution is -2.43. The van der Waals surface area contributed by atoms with Crippen molar-refractivity contribution in [3.63, 3.8) is 0 Å². The number of ether oxygens (including phenoxy) is 1. The van der Waals surface area contributed by atoms with E-state index in [-0.39, 0.29) is 23.8 Å². The Bertz CT molecular complexity index is 1030. The van der Waals surface area contributed by atoms with Gasteiger partial charge in [0.25, 0.3) is 5.91 Å². The van der Waals surface area contributed by atoms with Gasteiger partial charge in [0.15, 0.2) is 0 Å². The third-order valence-electron chi connectivity index (χ3n) is 5.05. The number of halogens is 4. The largest absolute Gasteiger partial charge is 0.573 e. The fourth-order valence-corrected chi connectivity index (χ4v) is 3.69. The van der Waals surface area contributed by atoms with Gasteiger partial charge in [-0.05, 0) is 42.3 Å². The maximum absolute atomic E-state index is 12.4. The Balaban J connectivity index is 1.48. The lowest BCUT2D eigenvalue weighted by molar-refractivity contribution is -0.274. The predicted octanol–water partition coefficient (Wildman–Crippen LogP) is 2.52. The van der Waals surface area contributed by atoms with Crippen molar-refractivity contribution in [1.82, 2.24) is 15.5 Å². The van der Waals surface area contributed by atoms with Crippen LogP contribution in [0.15, 0.2) is 36.4 Å². The maximum Gasteiger partial charge on any atom is 0.573 e. The van der Waals surface area contributed by atoms with E-state index in [2.05, 4.69) is 20.3 Å². The summed E-state index contributed by atoms with van der Waals surface area (Å²) in [5.74, 6) is -1.80. The van der Waals surface area contributed by atoms with Gasteiger partial charge in [0.1, 0.15) is 5.75 Å². The number of nitrogens with one attached hydrogen (secondary N) is 2. The molecule has 1 heterocycles. The van der Waals surface area contributed by atoms with Crippen LogP contribution in [0.5, 0.6) is 5.75 Å². The van der Waals surface area contributed by atoms with Crippen LogP contribution < -0.4 is 26.8 Å². The molecule has 0 aliphatic carbocycles. The summed E-state index contributed by atoms with van der Waals surface area (Å²) in [7, 11) is 0. The van der Waals surface area contributed by atoms with E-state index in [9.17, 15) is 22.8 Å². The molecule has 0 radical (unpaired) electrons. The lowest BCUT2D eigenvalue weighted by Gasteiger charge is -2.18. The topological polar surface area (TPSA) is 123 Å². The Hall–Kier alpha value is -3.18. The van der Waals surface area contributed by atoms with Crippen LogP contribution in [0.2, 0.25) is 5.02 Å². The molecule has 178 valence electrons. The summed E-state index contributed by atoms with van der Waals surface area (Å²) in [4.78, 5) is 26.7. The monoisotopic (exact) mass is 485 g/mol. The molecule has 12 heteroatoms. The number of nitrogens with two attached hydrogens (primary N) is 2. The van der Waals surface area contributed by atoms with E-state index in [4.69, 9.17) is 23.1 Å².